The summed E-state index contributed by atoms with van der Waals surface area (Å²) >= 11 is 0. The Morgan fingerprint density at radius 1 is 1.25 bits per heavy atom. The van der Waals surface area contributed by atoms with Gasteiger partial charge in [0.1, 0.15) is 5.76 Å². The van der Waals surface area contributed by atoms with Crippen molar-refractivity contribution in [2.75, 3.05) is 0 Å². The Labute approximate surface area is 118 Å². The molecule has 1 aliphatic carbocycles. The number of aryl methyl sites for hydroxylation is 1. The number of rotatable bonds is 3. The first kappa shape index (κ1) is 12.9. The fourth-order valence-corrected chi connectivity index (χ4v) is 2.65. The Morgan fingerprint density at radius 3 is 2.80 bits per heavy atom. The lowest BCUT2D eigenvalue weighted by molar-refractivity contribution is 0.0930. The molecule has 1 amide bonds. The molecule has 1 N–H and O–H groups in total. The van der Waals surface area contributed by atoms with Gasteiger partial charge in [0.2, 0.25) is 0 Å². The Hall–Kier alpha value is -2.10. The first-order valence-corrected chi connectivity index (χ1v) is 7.09. The summed E-state index contributed by atoms with van der Waals surface area (Å²) in [4.78, 5) is 12.3. The van der Waals surface area contributed by atoms with Crippen molar-refractivity contribution >= 4 is 5.91 Å². The van der Waals surface area contributed by atoms with Crippen LogP contribution in [0.3, 0.4) is 0 Å². The van der Waals surface area contributed by atoms with E-state index in [4.69, 9.17) is 4.52 Å². The fourth-order valence-electron chi connectivity index (χ4n) is 2.65. The molecule has 0 saturated heterocycles. The van der Waals surface area contributed by atoms with Crippen LogP contribution in [0, 0.1) is 0 Å². The van der Waals surface area contributed by atoms with Crippen LogP contribution in [-0.2, 0) is 12.8 Å². The second kappa shape index (κ2) is 5.49. The number of benzene rings is 1. The number of amides is 1. The van der Waals surface area contributed by atoms with E-state index in [0.29, 0.717) is 5.69 Å². The molecule has 1 aromatic heterocycles. The maximum atomic E-state index is 12.3. The molecular formula is C16H18N2O2. The van der Waals surface area contributed by atoms with Gasteiger partial charge < -0.3 is 9.84 Å². The van der Waals surface area contributed by atoms with E-state index in [1.54, 1.807) is 0 Å². The lowest BCUT2D eigenvalue weighted by Crippen LogP contribution is -2.28. The van der Waals surface area contributed by atoms with Crippen LogP contribution in [0.2, 0.25) is 0 Å². The molecule has 0 aliphatic heterocycles. The molecular weight excluding hydrogens is 252 g/mol. The number of fused-ring (bicyclic) bond motifs is 1. The monoisotopic (exact) mass is 270 g/mol. The highest BCUT2D eigenvalue weighted by atomic mass is 16.5. The molecule has 20 heavy (non-hydrogen) atoms. The molecule has 0 radical (unpaired) electrons. The van der Waals surface area contributed by atoms with Crippen LogP contribution in [0.1, 0.15) is 53.2 Å². The van der Waals surface area contributed by atoms with Crippen molar-refractivity contribution in [3.8, 4) is 0 Å². The highest BCUT2D eigenvalue weighted by molar-refractivity contribution is 5.94. The Bertz CT molecular complexity index is 604. The van der Waals surface area contributed by atoms with Crippen molar-refractivity contribution in [1.29, 1.82) is 0 Å². The van der Waals surface area contributed by atoms with Crippen molar-refractivity contribution in [3.05, 3.63) is 52.9 Å². The van der Waals surface area contributed by atoms with Crippen LogP contribution < -0.4 is 5.32 Å². The van der Waals surface area contributed by atoms with E-state index in [0.717, 1.165) is 42.6 Å². The van der Waals surface area contributed by atoms with Crippen LogP contribution in [-0.4, -0.2) is 11.1 Å². The average molecular weight is 270 g/mol. The second-order valence-corrected chi connectivity index (χ2v) is 5.25. The second-order valence-electron chi connectivity index (χ2n) is 5.25. The minimum Gasteiger partial charge on any atom is -0.360 e. The average Bonchev–Trinajstić information content (AvgIpc) is 2.92. The molecule has 1 aliphatic rings. The van der Waals surface area contributed by atoms with Gasteiger partial charge in [0, 0.05) is 12.0 Å². The number of aromatic nitrogens is 1. The van der Waals surface area contributed by atoms with Gasteiger partial charge in [-0.15, -0.1) is 0 Å². The third-order valence-electron chi connectivity index (χ3n) is 3.81. The standard InChI is InChI=1S/C16H18N2O2/c1-11(12-7-3-2-4-8-12)17-16(19)15-13-9-5-6-10-14(13)20-18-15/h2-4,7-8,11H,5-6,9-10H2,1H3,(H,17,19)/t11-/m1/s1. The zero-order valence-corrected chi connectivity index (χ0v) is 11.6. The predicted octanol–water partition coefficient (Wildman–Crippen LogP) is 3.04. The summed E-state index contributed by atoms with van der Waals surface area (Å²) in [6.45, 7) is 1.97. The van der Waals surface area contributed by atoms with Gasteiger partial charge in [-0.05, 0) is 31.7 Å². The van der Waals surface area contributed by atoms with E-state index in [9.17, 15) is 4.79 Å². The van der Waals surface area contributed by atoms with Crippen molar-refractivity contribution in [3.63, 3.8) is 0 Å². The molecule has 4 heteroatoms. The highest BCUT2D eigenvalue weighted by Crippen LogP contribution is 2.24. The normalized spacial score (nSPS) is 15.4. The van der Waals surface area contributed by atoms with Crippen LogP contribution in [0.4, 0.5) is 0 Å². The molecule has 0 fully saturated rings. The van der Waals surface area contributed by atoms with Crippen molar-refractivity contribution < 1.29 is 9.32 Å². The number of hydrogen-bond donors (Lipinski definition) is 1. The minimum atomic E-state index is -0.145. The Kier molecular flexibility index (Phi) is 3.54. The van der Waals surface area contributed by atoms with Gasteiger partial charge in [-0.3, -0.25) is 4.79 Å². The number of nitrogens with one attached hydrogen (secondary N) is 1. The summed E-state index contributed by atoms with van der Waals surface area (Å²) < 4.78 is 5.28. The van der Waals surface area contributed by atoms with Gasteiger partial charge in [0.15, 0.2) is 5.69 Å². The topological polar surface area (TPSA) is 55.1 Å². The zero-order valence-electron chi connectivity index (χ0n) is 11.6. The van der Waals surface area contributed by atoms with Gasteiger partial charge in [0.25, 0.3) is 5.91 Å². The van der Waals surface area contributed by atoms with Gasteiger partial charge in [0.05, 0.1) is 6.04 Å². The molecule has 0 bridgehead atoms. The van der Waals surface area contributed by atoms with Gasteiger partial charge in [-0.25, -0.2) is 0 Å². The quantitative estimate of drug-likeness (QED) is 0.932. The van der Waals surface area contributed by atoms with Gasteiger partial charge in [-0.2, -0.15) is 0 Å². The van der Waals surface area contributed by atoms with Crippen LogP contribution in [0.15, 0.2) is 34.9 Å². The molecule has 2 aromatic rings. The zero-order chi connectivity index (χ0) is 13.9. The lowest BCUT2D eigenvalue weighted by atomic mass is 9.96. The van der Waals surface area contributed by atoms with E-state index in [-0.39, 0.29) is 11.9 Å². The molecule has 4 nitrogen and oxygen atoms in total. The van der Waals surface area contributed by atoms with Crippen molar-refractivity contribution in [1.82, 2.24) is 10.5 Å². The van der Waals surface area contributed by atoms with E-state index in [1.165, 1.54) is 0 Å². The molecule has 0 unspecified atom stereocenters. The van der Waals surface area contributed by atoms with Gasteiger partial charge >= 0.3 is 0 Å². The molecule has 1 aromatic carbocycles. The Morgan fingerprint density at radius 2 is 2.00 bits per heavy atom. The third kappa shape index (κ3) is 2.46. The van der Waals surface area contributed by atoms with E-state index >= 15 is 0 Å². The summed E-state index contributed by atoms with van der Waals surface area (Å²) in [6.07, 6.45) is 4.00. The summed E-state index contributed by atoms with van der Waals surface area (Å²) in [5.41, 5.74) is 2.54. The SMILES string of the molecule is C[C@@H](NC(=O)c1noc2c1CCCC2)c1ccccc1. The van der Waals surface area contributed by atoms with E-state index in [1.807, 2.05) is 37.3 Å². The van der Waals surface area contributed by atoms with Crippen LogP contribution >= 0.6 is 0 Å². The molecule has 1 heterocycles. The fraction of sp³-hybridized carbons (Fsp3) is 0.375. The minimum absolute atomic E-state index is 0.0420. The number of carbonyl (C=O) groups is 1. The Balaban J connectivity index is 1.75. The van der Waals surface area contributed by atoms with E-state index < -0.39 is 0 Å². The molecule has 3 rings (SSSR count). The van der Waals surface area contributed by atoms with Crippen LogP contribution in [0.25, 0.3) is 0 Å². The highest BCUT2D eigenvalue weighted by Gasteiger charge is 2.24. The lowest BCUT2D eigenvalue weighted by Gasteiger charge is -2.14. The summed E-state index contributed by atoms with van der Waals surface area (Å²) in [5.74, 6) is 0.738. The molecule has 1 atom stereocenters. The largest absolute Gasteiger partial charge is 0.360 e. The molecule has 0 saturated carbocycles. The first-order chi connectivity index (χ1) is 9.75. The van der Waals surface area contributed by atoms with Gasteiger partial charge in [-0.1, -0.05) is 35.5 Å². The smallest absolute Gasteiger partial charge is 0.274 e. The molecule has 104 valence electrons. The number of nitrogens with zero attached hydrogens (tertiary/aromatic N) is 1. The number of hydrogen-bond acceptors (Lipinski definition) is 3. The first-order valence-electron chi connectivity index (χ1n) is 7.09. The maximum Gasteiger partial charge on any atom is 0.274 e. The van der Waals surface area contributed by atoms with E-state index in [2.05, 4.69) is 10.5 Å². The molecule has 0 spiro atoms. The maximum absolute atomic E-state index is 12.3. The van der Waals surface area contributed by atoms with Crippen molar-refractivity contribution in [2.45, 2.75) is 38.6 Å². The van der Waals surface area contributed by atoms with Crippen LogP contribution in [0.5, 0.6) is 0 Å². The summed E-state index contributed by atoms with van der Waals surface area (Å²) in [5, 5.41) is 6.94. The summed E-state index contributed by atoms with van der Waals surface area (Å²) in [7, 11) is 0. The summed E-state index contributed by atoms with van der Waals surface area (Å²) in [6, 6.07) is 9.87. The van der Waals surface area contributed by atoms with Crippen molar-refractivity contribution in [2.24, 2.45) is 0 Å². The number of carbonyl (C=O) groups excluding carboxylic acids is 1. The third-order valence-corrected chi connectivity index (χ3v) is 3.81. The predicted molar refractivity (Wildman–Crippen MR) is 75.5 cm³/mol.